The summed E-state index contributed by atoms with van der Waals surface area (Å²) in [7, 11) is 0. The minimum Gasteiger partial charge on any atom is -0.388 e. The third-order valence-electron chi connectivity index (χ3n) is 3.42. The van der Waals surface area contributed by atoms with E-state index in [1.165, 1.54) is 5.56 Å². The number of aliphatic hydroxyl groups excluding tert-OH is 1. The van der Waals surface area contributed by atoms with Gasteiger partial charge in [-0.15, -0.1) is 0 Å². The fourth-order valence-corrected chi connectivity index (χ4v) is 2.87. The molecule has 2 aromatic rings. The molecule has 1 unspecified atom stereocenters. The van der Waals surface area contributed by atoms with Crippen molar-refractivity contribution in [1.29, 1.82) is 0 Å². The summed E-state index contributed by atoms with van der Waals surface area (Å²) in [5, 5.41) is 11.0. The molecule has 2 rings (SSSR count). The molecule has 1 nitrogen and oxygen atoms in total. The van der Waals surface area contributed by atoms with Gasteiger partial charge in [-0.2, -0.15) is 0 Å². The van der Waals surface area contributed by atoms with E-state index in [0.29, 0.717) is 17.4 Å². The summed E-state index contributed by atoms with van der Waals surface area (Å²) in [6.45, 7) is 4.32. The summed E-state index contributed by atoms with van der Waals surface area (Å²) in [6, 6.07) is 13.9. The molecule has 20 heavy (non-hydrogen) atoms. The first-order chi connectivity index (χ1) is 9.47. The van der Waals surface area contributed by atoms with Crippen LogP contribution >= 0.6 is 27.5 Å². The zero-order valence-electron chi connectivity index (χ0n) is 11.6. The highest BCUT2D eigenvalue weighted by molar-refractivity contribution is 9.10. The maximum Gasteiger partial charge on any atom is 0.0830 e. The zero-order valence-corrected chi connectivity index (χ0v) is 13.9. The Labute approximate surface area is 133 Å². The highest BCUT2D eigenvalue weighted by Gasteiger charge is 2.11. The fourth-order valence-electron chi connectivity index (χ4n) is 2.12. The predicted octanol–water partition coefficient (Wildman–Crippen LogP) is 5.50. The molecular formula is C17H18BrClO. The summed E-state index contributed by atoms with van der Waals surface area (Å²) in [6.07, 6.45) is -0.0115. The Bertz CT molecular complexity index is 578. The Morgan fingerprint density at radius 2 is 1.65 bits per heavy atom. The van der Waals surface area contributed by atoms with Crippen molar-refractivity contribution in [3.63, 3.8) is 0 Å². The van der Waals surface area contributed by atoms with Gasteiger partial charge in [0, 0.05) is 15.9 Å². The number of benzene rings is 2. The maximum atomic E-state index is 10.3. The molecule has 0 spiro atoms. The minimum atomic E-state index is -0.533. The highest BCUT2D eigenvalue weighted by Crippen LogP contribution is 2.27. The van der Waals surface area contributed by atoms with Gasteiger partial charge in [0.25, 0.3) is 0 Å². The van der Waals surface area contributed by atoms with Crippen LogP contribution in [-0.2, 0) is 6.42 Å². The standard InChI is InChI=1S/C17H18BrClO/c1-11(2)12-3-5-13(6-4-12)17(20)9-14-7-8-15(18)10-16(14)19/h3-8,10-11,17,20H,9H2,1-2H3. The lowest BCUT2D eigenvalue weighted by molar-refractivity contribution is 0.178. The highest BCUT2D eigenvalue weighted by atomic mass is 79.9. The largest absolute Gasteiger partial charge is 0.388 e. The molecule has 106 valence electrons. The first kappa shape index (κ1) is 15.6. The van der Waals surface area contributed by atoms with Gasteiger partial charge in [0.2, 0.25) is 0 Å². The van der Waals surface area contributed by atoms with Crippen LogP contribution in [0.4, 0.5) is 0 Å². The molecular weight excluding hydrogens is 336 g/mol. The van der Waals surface area contributed by atoms with Gasteiger partial charge in [0.1, 0.15) is 0 Å². The van der Waals surface area contributed by atoms with Crippen molar-refractivity contribution >= 4 is 27.5 Å². The van der Waals surface area contributed by atoms with E-state index in [9.17, 15) is 5.11 Å². The van der Waals surface area contributed by atoms with Gasteiger partial charge >= 0.3 is 0 Å². The molecule has 0 aliphatic heterocycles. The van der Waals surface area contributed by atoms with Crippen molar-refractivity contribution in [2.75, 3.05) is 0 Å². The molecule has 2 aromatic carbocycles. The van der Waals surface area contributed by atoms with Crippen molar-refractivity contribution in [2.45, 2.75) is 32.3 Å². The smallest absolute Gasteiger partial charge is 0.0830 e. The van der Waals surface area contributed by atoms with Crippen LogP contribution < -0.4 is 0 Å². The van der Waals surface area contributed by atoms with Gasteiger partial charge < -0.3 is 5.11 Å². The first-order valence-corrected chi connectivity index (χ1v) is 7.86. The van der Waals surface area contributed by atoms with Crippen LogP contribution in [0.25, 0.3) is 0 Å². The average Bonchev–Trinajstić information content (AvgIpc) is 2.42. The third kappa shape index (κ3) is 3.85. The van der Waals surface area contributed by atoms with Crippen molar-refractivity contribution in [3.05, 3.63) is 68.7 Å². The molecule has 0 heterocycles. The van der Waals surface area contributed by atoms with Gasteiger partial charge in [0.05, 0.1) is 6.10 Å². The second-order valence-electron chi connectivity index (χ2n) is 5.28. The summed E-state index contributed by atoms with van der Waals surface area (Å²) >= 11 is 9.57. The molecule has 0 saturated carbocycles. The number of hydrogen-bond donors (Lipinski definition) is 1. The normalized spacial score (nSPS) is 12.7. The van der Waals surface area contributed by atoms with E-state index in [4.69, 9.17) is 11.6 Å². The topological polar surface area (TPSA) is 20.2 Å². The SMILES string of the molecule is CC(C)c1ccc(C(O)Cc2ccc(Br)cc2Cl)cc1. The summed E-state index contributed by atoms with van der Waals surface area (Å²) in [4.78, 5) is 0. The molecule has 0 aliphatic rings. The van der Waals surface area contributed by atoms with E-state index in [1.807, 2.05) is 30.3 Å². The van der Waals surface area contributed by atoms with Gasteiger partial charge in [-0.05, 0) is 34.7 Å². The molecule has 0 aromatic heterocycles. The molecule has 1 N–H and O–H groups in total. The minimum absolute atomic E-state index is 0.502. The van der Waals surface area contributed by atoms with Gasteiger partial charge in [-0.1, -0.05) is 71.7 Å². The molecule has 0 radical (unpaired) electrons. The molecule has 0 bridgehead atoms. The second kappa shape index (κ2) is 6.75. The predicted molar refractivity (Wildman–Crippen MR) is 88.3 cm³/mol. The van der Waals surface area contributed by atoms with Gasteiger partial charge in [-0.3, -0.25) is 0 Å². The van der Waals surface area contributed by atoms with Crippen LogP contribution in [0.3, 0.4) is 0 Å². The quantitative estimate of drug-likeness (QED) is 0.769. The van der Waals surface area contributed by atoms with Crippen molar-refractivity contribution in [2.24, 2.45) is 0 Å². The number of halogens is 2. The van der Waals surface area contributed by atoms with Gasteiger partial charge in [0.15, 0.2) is 0 Å². The Hall–Kier alpha value is -0.830. The van der Waals surface area contributed by atoms with Crippen molar-refractivity contribution < 1.29 is 5.11 Å². The van der Waals surface area contributed by atoms with Crippen LogP contribution in [0.1, 0.15) is 42.6 Å². The van der Waals surface area contributed by atoms with E-state index >= 15 is 0 Å². The lowest BCUT2D eigenvalue weighted by Gasteiger charge is -2.14. The van der Waals surface area contributed by atoms with E-state index in [0.717, 1.165) is 15.6 Å². The third-order valence-corrected chi connectivity index (χ3v) is 4.26. The van der Waals surface area contributed by atoms with Crippen LogP contribution in [0, 0.1) is 0 Å². The first-order valence-electron chi connectivity index (χ1n) is 6.69. The van der Waals surface area contributed by atoms with Crippen LogP contribution in [0.2, 0.25) is 5.02 Å². The molecule has 0 saturated heterocycles. The zero-order chi connectivity index (χ0) is 14.7. The molecule has 0 aliphatic carbocycles. The van der Waals surface area contributed by atoms with Crippen molar-refractivity contribution in [1.82, 2.24) is 0 Å². The number of rotatable bonds is 4. The Morgan fingerprint density at radius 3 is 2.20 bits per heavy atom. The summed E-state index contributed by atoms with van der Waals surface area (Å²) in [5.41, 5.74) is 3.16. The van der Waals surface area contributed by atoms with Crippen LogP contribution in [0.5, 0.6) is 0 Å². The number of aliphatic hydroxyl groups is 1. The molecule has 1 atom stereocenters. The molecule has 0 amide bonds. The Balaban J connectivity index is 2.13. The second-order valence-corrected chi connectivity index (χ2v) is 6.60. The number of hydrogen-bond acceptors (Lipinski definition) is 1. The fraction of sp³-hybridized carbons (Fsp3) is 0.294. The lowest BCUT2D eigenvalue weighted by atomic mass is 9.97. The van der Waals surface area contributed by atoms with E-state index in [1.54, 1.807) is 0 Å². The van der Waals surface area contributed by atoms with E-state index < -0.39 is 6.10 Å². The van der Waals surface area contributed by atoms with Crippen LogP contribution in [-0.4, -0.2) is 5.11 Å². The molecule has 3 heteroatoms. The van der Waals surface area contributed by atoms with Crippen LogP contribution in [0.15, 0.2) is 46.9 Å². The van der Waals surface area contributed by atoms with E-state index in [2.05, 4.69) is 41.9 Å². The molecule has 0 fully saturated rings. The van der Waals surface area contributed by atoms with Gasteiger partial charge in [-0.25, -0.2) is 0 Å². The Kier molecular flexibility index (Phi) is 5.25. The average molecular weight is 354 g/mol. The summed E-state index contributed by atoms with van der Waals surface area (Å²) < 4.78 is 0.946. The van der Waals surface area contributed by atoms with E-state index in [-0.39, 0.29) is 0 Å². The Morgan fingerprint density at radius 1 is 1.05 bits per heavy atom. The monoisotopic (exact) mass is 352 g/mol. The van der Waals surface area contributed by atoms with Crippen molar-refractivity contribution in [3.8, 4) is 0 Å². The summed E-state index contributed by atoms with van der Waals surface area (Å²) in [5.74, 6) is 0.502. The maximum absolute atomic E-state index is 10.3. The lowest BCUT2D eigenvalue weighted by Crippen LogP contribution is -2.02.